The molecule has 1 heterocycles. The van der Waals surface area contributed by atoms with E-state index in [9.17, 15) is 5.11 Å². The Morgan fingerprint density at radius 1 is 1.13 bits per heavy atom. The standard InChI is InChI=1S/C18H25Cl2NO2/c19-15-4-3-5-16(20)14(15)9-11-23-18-7-2-1-6-17(18)21-10-8-13(22)12-21/h3-5,13,17-18,22H,1-2,6-12H2/t13?,17?,18-/m0/s1. The van der Waals surface area contributed by atoms with Crippen molar-refractivity contribution in [3.63, 3.8) is 0 Å². The van der Waals surface area contributed by atoms with Gasteiger partial charge in [-0.05, 0) is 43.4 Å². The average Bonchev–Trinajstić information content (AvgIpc) is 2.97. The van der Waals surface area contributed by atoms with Crippen LogP contribution >= 0.6 is 23.2 Å². The molecular weight excluding hydrogens is 333 g/mol. The third-order valence-corrected chi connectivity index (χ3v) is 5.79. The maximum atomic E-state index is 9.79. The molecule has 128 valence electrons. The van der Waals surface area contributed by atoms with Crippen molar-refractivity contribution in [2.45, 2.75) is 56.8 Å². The second-order valence-electron chi connectivity index (χ2n) is 6.65. The van der Waals surface area contributed by atoms with Crippen LogP contribution in [0.25, 0.3) is 0 Å². The molecule has 2 fully saturated rings. The zero-order valence-electron chi connectivity index (χ0n) is 13.4. The Kier molecular flexibility index (Phi) is 6.22. The maximum absolute atomic E-state index is 9.79. The quantitative estimate of drug-likeness (QED) is 0.866. The SMILES string of the molecule is OC1CCN(C2CCCC[C@@H]2OCCc2c(Cl)cccc2Cl)C1. The van der Waals surface area contributed by atoms with Gasteiger partial charge in [0.05, 0.1) is 18.8 Å². The van der Waals surface area contributed by atoms with Crippen molar-refractivity contribution >= 4 is 23.2 Å². The number of β-amino-alcohol motifs (C(OH)–C–C–N with tert-alkyl or cyclic N) is 1. The lowest BCUT2D eigenvalue weighted by molar-refractivity contribution is -0.0315. The van der Waals surface area contributed by atoms with E-state index in [4.69, 9.17) is 27.9 Å². The van der Waals surface area contributed by atoms with Crippen LogP contribution in [-0.4, -0.2) is 48.0 Å². The van der Waals surface area contributed by atoms with Gasteiger partial charge in [0, 0.05) is 29.2 Å². The van der Waals surface area contributed by atoms with Crippen molar-refractivity contribution in [3.8, 4) is 0 Å². The highest BCUT2D eigenvalue weighted by molar-refractivity contribution is 6.35. The normalized spacial score (nSPS) is 29.1. The first-order valence-corrected chi connectivity index (χ1v) is 9.37. The molecule has 1 aromatic carbocycles. The lowest BCUT2D eigenvalue weighted by Gasteiger charge is -2.37. The van der Waals surface area contributed by atoms with Crippen LogP contribution in [0, 0.1) is 0 Å². The minimum Gasteiger partial charge on any atom is -0.392 e. The van der Waals surface area contributed by atoms with Gasteiger partial charge in [-0.3, -0.25) is 4.90 Å². The van der Waals surface area contributed by atoms with Gasteiger partial charge in [0.2, 0.25) is 0 Å². The van der Waals surface area contributed by atoms with Gasteiger partial charge < -0.3 is 9.84 Å². The molecule has 0 amide bonds. The second kappa shape index (κ2) is 8.17. The maximum Gasteiger partial charge on any atom is 0.0730 e. The molecule has 1 aliphatic heterocycles. The molecule has 0 bridgehead atoms. The smallest absolute Gasteiger partial charge is 0.0730 e. The van der Waals surface area contributed by atoms with E-state index in [1.807, 2.05) is 18.2 Å². The van der Waals surface area contributed by atoms with Crippen molar-refractivity contribution in [2.75, 3.05) is 19.7 Å². The van der Waals surface area contributed by atoms with Crippen molar-refractivity contribution in [1.82, 2.24) is 4.90 Å². The summed E-state index contributed by atoms with van der Waals surface area (Å²) in [4.78, 5) is 2.41. The van der Waals surface area contributed by atoms with Gasteiger partial charge in [0.25, 0.3) is 0 Å². The van der Waals surface area contributed by atoms with Crippen LogP contribution in [0.3, 0.4) is 0 Å². The summed E-state index contributed by atoms with van der Waals surface area (Å²) >= 11 is 12.4. The summed E-state index contributed by atoms with van der Waals surface area (Å²) in [5.41, 5.74) is 0.972. The van der Waals surface area contributed by atoms with Gasteiger partial charge in [0.15, 0.2) is 0 Å². The highest BCUT2D eigenvalue weighted by Gasteiger charge is 2.34. The molecule has 1 aliphatic carbocycles. The fourth-order valence-electron chi connectivity index (χ4n) is 3.84. The molecule has 1 aromatic rings. The molecule has 5 heteroatoms. The van der Waals surface area contributed by atoms with E-state index in [2.05, 4.69) is 4.90 Å². The van der Waals surface area contributed by atoms with E-state index < -0.39 is 0 Å². The number of aliphatic hydroxyl groups excluding tert-OH is 1. The summed E-state index contributed by atoms with van der Waals surface area (Å²) < 4.78 is 6.22. The Hall–Kier alpha value is -0.320. The highest BCUT2D eigenvalue weighted by Crippen LogP contribution is 2.29. The first-order valence-electron chi connectivity index (χ1n) is 8.62. The lowest BCUT2D eigenvalue weighted by Crippen LogP contribution is -2.46. The van der Waals surface area contributed by atoms with Crippen LogP contribution < -0.4 is 0 Å². The fraction of sp³-hybridized carbons (Fsp3) is 0.667. The summed E-state index contributed by atoms with van der Waals surface area (Å²) in [7, 11) is 0. The first-order chi connectivity index (χ1) is 11.1. The van der Waals surface area contributed by atoms with Gasteiger partial charge in [-0.1, -0.05) is 42.1 Å². The fourth-order valence-corrected chi connectivity index (χ4v) is 4.43. The van der Waals surface area contributed by atoms with Crippen LogP contribution in [0.1, 0.15) is 37.7 Å². The molecule has 0 aromatic heterocycles. The Bertz CT molecular complexity index is 505. The zero-order chi connectivity index (χ0) is 16.2. The van der Waals surface area contributed by atoms with E-state index in [0.29, 0.717) is 22.7 Å². The number of hydrogen-bond donors (Lipinski definition) is 1. The molecule has 23 heavy (non-hydrogen) atoms. The van der Waals surface area contributed by atoms with E-state index >= 15 is 0 Å². The highest BCUT2D eigenvalue weighted by atomic mass is 35.5. The van der Waals surface area contributed by atoms with E-state index in [1.54, 1.807) is 0 Å². The summed E-state index contributed by atoms with van der Waals surface area (Å²) in [6.45, 7) is 2.42. The third-order valence-electron chi connectivity index (χ3n) is 5.08. The molecular formula is C18H25Cl2NO2. The van der Waals surface area contributed by atoms with Gasteiger partial charge in [-0.15, -0.1) is 0 Å². The van der Waals surface area contributed by atoms with Crippen molar-refractivity contribution < 1.29 is 9.84 Å². The van der Waals surface area contributed by atoms with E-state index in [0.717, 1.165) is 37.9 Å². The van der Waals surface area contributed by atoms with Crippen LogP contribution in [0.2, 0.25) is 10.0 Å². The van der Waals surface area contributed by atoms with Crippen molar-refractivity contribution in [3.05, 3.63) is 33.8 Å². The third kappa shape index (κ3) is 4.40. The Morgan fingerprint density at radius 2 is 1.87 bits per heavy atom. The molecule has 0 spiro atoms. The molecule has 0 radical (unpaired) electrons. The molecule has 1 N–H and O–H groups in total. The summed E-state index contributed by atoms with van der Waals surface area (Å²) in [6.07, 6.45) is 6.48. The van der Waals surface area contributed by atoms with Crippen LogP contribution in [-0.2, 0) is 11.2 Å². The van der Waals surface area contributed by atoms with Crippen LogP contribution in [0.4, 0.5) is 0 Å². The number of halogens is 2. The van der Waals surface area contributed by atoms with Gasteiger partial charge >= 0.3 is 0 Å². The van der Waals surface area contributed by atoms with Crippen LogP contribution in [0.15, 0.2) is 18.2 Å². The number of rotatable bonds is 5. The second-order valence-corrected chi connectivity index (χ2v) is 7.46. The minimum atomic E-state index is -0.167. The Morgan fingerprint density at radius 3 is 2.57 bits per heavy atom. The summed E-state index contributed by atoms with van der Waals surface area (Å²) in [5, 5.41) is 11.2. The predicted octanol–water partition coefficient (Wildman–Crippen LogP) is 3.93. The number of hydrogen-bond acceptors (Lipinski definition) is 3. The van der Waals surface area contributed by atoms with Crippen LogP contribution in [0.5, 0.6) is 0 Å². The monoisotopic (exact) mass is 357 g/mol. The summed E-state index contributed by atoms with van der Waals surface area (Å²) in [6, 6.07) is 6.06. The molecule has 3 nitrogen and oxygen atoms in total. The first kappa shape index (κ1) is 17.5. The Balaban J connectivity index is 1.55. The average molecular weight is 358 g/mol. The van der Waals surface area contributed by atoms with Gasteiger partial charge in [0.1, 0.15) is 0 Å². The zero-order valence-corrected chi connectivity index (χ0v) is 14.9. The van der Waals surface area contributed by atoms with Gasteiger partial charge in [-0.25, -0.2) is 0 Å². The number of ether oxygens (including phenoxy) is 1. The van der Waals surface area contributed by atoms with Gasteiger partial charge in [-0.2, -0.15) is 0 Å². The Labute approximate surface area is 148 Å². The molecule has 1 saturated carbocycles. The molecule has 1 saturated heterocycles. The number of likely N-dealkylation sites (tertiary alicyclic amines) is 1. The largest absolute Gasteiger partial charge is 0.392 e. The van der Waals surface area contributed by atoms with Crippen molar-refractivity contribution in [2.24, 2.45) is 0 Å². The number of nitrogens with zero attached hydrogens (tertiary/aromatic N) is 1. The molecule has 3 atom stereocenters. The number of aliphatic hydroxyl groups is 1. The minimum absolute atomic E-state index is 0.167. The van der Waals surface area contributed by atoms with E-state index in [-0.39, 0.29) is 12.2 Å². The summed E-state index contributed by atoms with van der Waals surface area (Å²) in [5.74, 6) is 0. The topological polar surface area (TPSA) is 32.7 Å². The molecule has 3 rings (SSSR count). The molecule has 2 unspecified atom stereocenters. The van der Waals surface area contributed by atoms with E-state index in [1.165, 1.54) is 19.3 Å². The molecule has 2 aliphatic rings. The van der Waals surface area contributed by atoms with Crippen molar-refractivity contribution in [1.29, 1.82) is 0 Å². The number of benzene rings is 1. The predicted molar refractivity (Wildman–Crippen MR) is 94.4 cm³/mol. The lowest BCUT2D eigenvalue weighted by atomic mass is 9.91.